The van der Waals surface area contributed by atoms with Crippen molar-refractivity contribution in [2.24, 2.45) is 10.8 Å². The molecule has 1 rings (SSSR count). The quantitative estimate of drug-likeness (QED) is 0.480. The molecular formula is C4H6ClN3. The Hall–Kier alpha value is -0.540. The first-order chi connectivity index (χ1) is 3.79. The Kier molecular flexibility index (Phi) is 1.50. The zero-order valence-electron chi connectivity index (χ0n) is 4.21. The van der Waals surface area contributed by atoms with Crippen molar-refractivity contribution in [3.05, 3.63) is 12.3 Å². The highest BCUT2D eigenvalue weighted by Crippen LogP contribution is 1.96. The van der Waals surface area contributed by atoms with E-state index >= 15 is 0 Å². The van der Waals surface area contributed by atoms with Gasteiger partial charge in [0.2, 0.25) is 0 Å². The summed E-state index contributed by atoms with van der Waals surface area (Å²) in [5.74, 6) is 5.28. The second-order valence-electron chi connectivity index (χ2n) is 1.45. The third-order valence-electron chi connectivity index (χ3n) is 0.789. The number of halogens is 1. The highest BCUT2D eigenvalue weighted by Gasteiger charge is 1.95. The van der Waals surface area contributed by atoms with Gasteiger partial charge in [-0.15, -0.1) is 0 Å². The molecule has 1 aliphatic rings. The molecule has 0 aliphatic carbocycles. The van der Waals surface area contributed by atoms with Gasteiger partial charge in [-0.25, -0.2) is 5.84 Å². The smallest absolute Gasteiger partial charge is 0.127 e. The van der Waals surface area contributed by atoms with Gasteiger partial charge < -0.3 is 0 Å². The van der Waals surface area contributed by atoms with Crippen molar-refractivity contribution in [2.45, 2.75) is 0 Å². The third-order valence-corrected chi connectivity index (χ3v) is 1.03. The number of hydrazine groups is 1. The van der Waals surface area contributed by atoms with Crippen LogP contribution in [0.2, 0.25) is 0 Å². The molecule has 0 aromatic rings. The summed E-state index contributed by atoms with van der Waals surface area (Å²) in [7, 11) is 0. The Labute approximate surface area is 52.4 Å². The van der Waals surface area contributed by atoms with E-state index in [0.717, 1.165) is 0 Å². The predicted octanol–water partition coefficient (Wildman–Crippen LogP) is 0.284. The maximum Gasteiger partial charge on any atom is 0.127 e. The number of rotatable bonds is 0. The van der Waals surface area contributed by atoms with Gasteiger partial charge in [-0.3, -0.25) is 10.0 Å². The lowest BCUT2D eigenvalue weighted by molar-refractivity contribution is 0.405. The van der Waals surface area contributed by atoms with Crippen LogP contribution in [0, 0.1) is 0 Å². The molecule has 44 valence electrons. The van der Waals surface area contributed by atoms with Crippen molar-refractivity contribution < 1.29 is 0 Å². The minimum absolute atomic E-state index is 0.454. The molecule has 1 heterocycles. The van der Waals surface area contributed by atoms with E-state index in [1.54, 1.807) is 12.3 Å². The normalized spacial score (nSPS) is 18.8. The Morgan fingerprint density at radius 2 is 2.62 bits per heavy atom. The fraction of sp³-hybridized carbons (Fsp3) is 0.250. The lowest BCUT2D eigenvalue weighted by atomic mass is 10.6. The number of aliphatic imine (C=N–C) groups is 1. The molecule has 0 unspecified atom stereocenters. The molecule has 0 bridgehead atoms. The van der Waals surface area contributed by atoms with Crippen LogP contribution in [0.5, 0.6) is 0 Å². The number of nitrogens with two attached hydrogens (primary N) is 1. The van der Waals surface area contributed by atoms with Crippen LogP contribution >= 0.6 is 11.6 Å². The van der Waals surface area contributed by atoms with E-state index in [2.05, 4.69) is 4.99 Å². The van der Waals surface area contributed by atoms with Gasteiger partial charge >= 0.3 is 0 Å². The van der Waals surface area contributed by atoms with Crippen LogP contribution in [-0.4, -0.2) is 16.8 Å². The lowest BCUT2D eigenvalue weighted by Gasteiger charge is -2.12. The number of allylic oxidation sites excluding steroid dienone is 1. The number of hydrogen-bond acceptors (Lipinski definition) is 3. The molecule has 0 atom stereocenters. The van der Waals surface area contributed by atoms with Gasteiger partial charge in [0.15, 0.2) is 0 Å². The third kappa shape index (κ3) is 1.21. The predicted molar refractivity (Wildman–Crippen MR) is 33.3 cm³/mol. The summed E-state index contributed by atoms with van der Waals surface area (Å²) < 4.78 is 0. The molecular weight excluding hydrogens is 126 g/mol. The molecule has 2 N–H and O–H groups in total. The zero-order valence-corrected chi connectivity index (χ0v) is 4.97. The first-order valence-corrected chi connectivity index (χ1v) is 2.56. The second kappa shape index (κ2) is 2.15. The van der Waals surface area contributed by atoms with Crippen molar-refractivity contribution in [1.82, 2.24) is 5.01 Å². The van der Waals surface area contributed by atoms with Gasteiger partial charge in [0.1, 0.15) is 11.8 Å². The van der Waals surface area contributed by atoms with Gasteiger partial charge in [0.25, 0.3) is 0 Å². The SMILES string of the molecule is NN1C=CC(Cl)=NC1. The molecule has 0 saturated carbocycles. The molecule has 0 aromatic heterocycles. The zero-order chi connectivity index (χ0) is 5.98. The maximum absolute atomic E-state index is 5.46. The largest absolute Gasteiger partial charge is 0.297 e. The van der Waals surface area contributed by atoms with Crippen LogP contribution in [0.15, 0.2) is 17.3 Å². The monoisotopic (exact) mass is 131 g/mol. The van der Waals surface area contributed by atoms with Crippen LogP contribution in [0.1, 0.15) is 0 Å². The van der Waals surface area contributed by atoms with Crippen LogP contribution < -0.4 is 5.84 Å². The summed E-state index contributed by atoms with van der Waals surface area (Å²) >= 11 is 5.46. The van der Waals surface area contributed by atoms with Gasteiger partial charge in [-0.2, -0.15) is 0 Å². The maximum atomic E-state index is 5.46. The summed E-state index contributed by atoms with van der Waals surface area (Å²) in [6, 6.07) is 0. The van der Waals surface area contributed by atoms with Crippen LogP contribution in [0.25, 0.3) is 0 Å². The van der Waals surface area contributed by atoms with Gasteiger partial charge in [-0.05, 0) is 6.08 Å². The Balaban J connectivity index is 2.58. The first-order valence-electron chi connectivity index (χ1n) is 2.18. The molecule has 0 spiro atoms. The van der Waals surface area contributed by atoms with Crippen LogP contribution in [0.4, 0.5) is 0 Å². The highest BCUT2D eigenvalue weighted by atomic mass is 35.5. The summed E-state index contributed by atoms with van der Waals surface area (Å²) in [6.45, 7) is 0.454. The van der Waals surface area contributed by atoms with Crippen molar-refractivity contribution >= 4 is 16.8 Å². The van der Waals surface area contributed by atoms with Crippen LogP contribution in [-0.2, 0) is 0 Å². The number of hydrogen-bond donors (Lipinski definition) is 1. The fourth-order valence-electron chi connectivity index (χ4n) is 0.406. The molecule has 0 fully saturated rings. The lowest BCUT2D eigenvalue weighted by Crippen LogP contribution is -2.27. The van der Waals surface area contributed by atoms with Gasteiger partial charge in [0.05, 0.1) is 0 Å². The van der Waals surface area contributed by atoms with Crippen LogP contribution in [0.3, 0.4) is 0 Å². The Morgan fingerprint density at radius 3 is 3.00 bits per heavy atom. The summed E-state index contributed by atoms with van der Waals surface area (Å²) in [6.07, 6.45) is 3.32. The minimum Gasteiger partial charge on any atom is -0.297 e. The van der Waals surface area contributed by atoms with E-state index < -0.39 is 0 Å². The van der Waals surface area contributed by atoms with Gasteiger partial charge in [-0.1, -0.05) is 11.6 Å². The summed E-state index contributed by atoms with van der Waals surface area (Å²) in [4.78, 5) is 3.81. The van der Waals surface area contributed by atoms with Gasteiger partial charge in [0, 0.05) is 6.20 Å². The first kappa shape index (κ1) is 5.59. The molecule has 4 heteroatoms. The van der Waals surface area contributed by atoms with Crippen molar-refractivity contribution in [2.75, 3.05) is 6.67 Å². The molecule has 3 nitrogen and oxygen atoms in total. The van der Waals surface area contributed by atoms with E-state index in [0.29, 0.717) is 11.8 Å². The van der Waals surface area contributed by atoms with Crippen molar-refractivity contribution in [1.29, 1.82) is 0 Å². The Bertz CT molecular complexity index is 140. The van der Waals surface area contributed by atoms with E-state index in [1.807, 2.05) is 0 Å². The molecule has 1 aliphatic heterocycles. The van der Waals surface area contributed by atoms with Crippen molar-refractivity contribution in [3.8, 4) is 0 Å². The summed E-state index contributed by atoms with van der Waals surface area (Å²) in [5.41, 5.74) is 0. The van der Waals surface area contributed by atoms with E-state index in [4.69, 9.17) is 17.4 Å². The average Bonchev–Trinajstić information content (AvgIpc) is 1.77. The topological polar surface area (TPSA) is 41.6 Å². The average molecular weight is 132 g/mol. The molecule has 8 heavy (non-hydrogen) atoms. The highest BCUT2D eigenvalue weighted by molar-refractivity contribution is 6.68. The van der Waals surface area contributed by atoms with E-state index in [-0.39, 0.29) is 0 Å². The van der Waals surface area contributed by atoms with E-state index in [1.165, 1.54) is 5.01 Å². The standard InChI is InChI=1S/C4H6ClN3/c5-4-1-2-8(6)3-7-4/h1-2H,3,6H2. The Morgan fingerprint density at radius 1 is 1.88 bits per heavy atom. The minimum atomic E-state index is 0.454. The number of nitrogens with zero attached hydrogens (tertiary/aromatic N) is 2. The molecule has 0 aromatic carbocycles. The summed E-state index contributed by atoms with van der Waals surface area (Å²) in [5, 5.41) is 1.96. The fourth-order valence-corrected chi connectivity index (χ4v) is 0.516. The van der Waals surface area contributed by atoms with E-state index in [9.17, 15) is 0 Å². The second-order valence-corrected chi connectivity index (χ2v) is 1.84. The molecule has 0 amide bonds. The molecule has 0 saturated heterocycles. The molecule has 0 radical (unpaired) electrons. The van der Waals surface area contributed by atoms with Crippen molar-refractivity contribution in [3.63, 3.8) is 0 Å².